The molecule has 1 fully saturated rings. The number of aliphatic carboxylic acids is 1. The number of ether oxygens (including phenoxy) is 1. The van der Waals surface area contributed by atoms with Crippen molar-refractivity contribution in [3.63, 3.8) is 0 Å². The van der Waals surface area contributed by atoms with Crippen LogP contribution in [0.1, 0.15) is 42.9 Å². The third-order valence-electron chi connectivity index (χ3n) is 7.42. The summed E-state index contributed by atoms with van der Waals surface area (Å²) in [6, 6.07) is 10.4. The van der Waals surface area contributed by atoms with Gasteiger partial charge in [0.2, 0.25) is 0 Å². The number of thioether (sulfide) groups is 1. The van der Waals surface area contributed by atoms with Crippen LogP contribution in [0.2, 0.25) is 5.02 Å². The van der Waals surface area contributed by atoms with Crippen LogP contribution in [-0.4, -0.2) is 58.6 Å². The number of aromatic nitrogens is 1. The number of carboxylic acid groups (broad SMARTS) is 1. The lowest BCUT2D eigenvalue weighted by molar-refractivity contribution is -0.153. The average Bonchev–Trinajstić information content (AvgIpc) is 2.91. The second-order valence-electron chi connectivity index (χ2n) is 9.76. The number of benzene rings is 2. The van der Waals surface area contributed by atoms with E-state index in [1.165, 1.54) is 30.1 Å². The maximum atomic E-state index is 12.7. The number of nitrogens with zero attached hydrogens (tertiary/aromatic N) is 2. The zero-order valence-corrected chi connectivity index (χ0v) is 23.0. The van der Waals surface area contributed by atoms with E-state index >= 15 is 0 Å². The Balaban J connectivity index is 1.33. The summed E-state index contributed by atoms with van der Waals surface area (Å²) < 4.78 is 43.5. The number of alkyl halides is 3. The maximum absolute atomic E-state index is 12.7. The van der Waals surface area contributed by atoms with E-state index in [9.17, 15) is 28.2 Å². The summed E-state index contributed by atoms with van der Waals surface area (Å²) in [5.41, 5.74) is -0.453. The highest BCUT2D eigenvalue weighted by Gasteiger charge is 2.41. The molecule has 2 N–H and O–H groups in total. The van der Waals surface area contributed by atoms with Crippen LogP contribution in [0, 0.1) is 5.41 Å². The molecular formula is C28H30ClF3N2O4S. The van der Waals surface area contributed by atoms with Gasteiger partial charge in [0.1, 0.15) is 5.75 Å². The molecule has 0 amide bonds. The van der Waals surface area contributed by atoms with E-state index in [1.807, 2.05) is 0 Å². The zero-order chi connectivity index (χ0) is 28.2. The van der Waals surface area contributed by atoms with Gasteiger partial charge in [0.05, 0.1) is 34.7 Å². The Hall–Kier alpha value is -2.53. The Kier molecular flexibility index (Phi) is 9.31. The molecule has 39 heavy (non-hydrogen) atoms. The SMILES string of the molecule is COc1ccc2ncc(Cl)c([C@@H](O)CCC3(C(=O)O)CCN(CCSc4ccc(C(F)(F)F)cc4)CC3)c2c1. The fourth-order valence-corrected chi connectivity index (χ4v) is 6.19. The molecule has 1 aliphatic rings. The molecule has 1 aliphatic heterocycles. The summed E-state index contributed by atoms with van der Waals surface area (Å²) in [5, 5.41) is 22.2. The van der Waals surface area contributed by atoms with Crippen LogP contribution < -0.4 is 4.74 Å². The first-order valence-electron chi connectivity index (χ1n) is 12.6. The zero-order valence-electron chi connectivity index (χ0n) is 21.4. The van der Waals surface area contributed by atoms with Crippen LogP contribution in [0.4, 0.5) is 13.2 Å². The number of fused-ring (bicyclic) bond motifs is 1. The number of carboxylic acids is 1. The molecule has 0 bridgehead atoms. The van der Waals surface area contributed by atoms with Crippen LogP contribution in [0.3, 0.4) is 0 Å². The molecule has 11 heteroatoms. The van der Waals surface area contributed by atoms with Gasteiger partial charge in [-0.25, -0.2) is 0 Å². The second kappa shape index (κ2) is 12.3. The first-order chi connectivity index (χ1) is 18.5. The Morgan fingerprint density at radius 2 is 1.90 bits per heavy atom. The van der Waals surface area contributed by atoms with Crippen molar-refractivity contribution in [2.45, 2.75) is 42.9 Å². The van der Waals surface area contributed by atoms with Gasteiger partial charge < -0.3 is 19.8 Å². The number of aliphatic hydroxyl groups excluding tert-OH is 1. The van der Waals surface area contributed by atoms with Crippen molar-refractivity contribution < 1.29 is 32.9 Å². The standard InChI is InChI=1S/C28H30ClF3N2O4S/c1-38-19-4-7-23-21(16-19)25(22(29)17-33-23)24(35)8-9-27(26(36)37)10-12-34(13-11-27)14-15-39-20-5-2-18(3-6-20)28(30,31)32/h2-7,16-17,24,35H,8-15H2,1H3,(H,36,37)/t24-/m0/s1. The van der Waals surface area contributed by atoms with Gasteiger partial charge in [0.15, 0.2) is 0 Å². The number of likely N-dealkylation sites (tertiary alicyclic amines) is 1. The highest BCUT2D eigenvalue weighted by atomic mass is 35.5. The Bertz CT molecular complexity index is 1300. The average molecular weight is 583 g/mol. The quantitative estimate of drug-likeness (QED) is 0.258. The molecule has 6 nitrogen and oxygen atoms in total. The molecule has 4 rings (SSSR count). The van der Waals surface area contributed by atoms with E-state index in [4.69, 9.17) is 16.3 Å². The fraction of sp³-hybridized carbons (Fsp3) is 0.429. The van der Waals surface area contributed by atoms with Gasteiger partial charge in [-0.15, -0.1) is 11.8 Å². The van der Waals surface area contributed by atoms with Crippen LogP contribution in [0.25, 0.3) is 10.9 Å². The third kappa shape index (κ3) is 6.98. The van der Waals surface area contributed by atoms with E-state index in [0.29, 0.717) is 71.9 Å². The molecule has 0 spiro atoms. The topological polar surface area (TPSA) is 82.9 Å². The van der Waals surface area contributed by atoms with Crippen molar-refractivity contribution in [2.24, 2.45) is 5.41 Å². The van der Waals surface area contributed by atoms with Gasteiger partial charge >= 0.3 is 12.1 Å². The predicted molar refractivity (Wildman–Crippen MR) is 145 cm³/mol. The number of hydrogen-bond acceptors (Lipinski definition) is 6. The number of aliphatic hydroxyl groups is 1. The normalized spacial score (nSPS) is 16.8. The lowest BCUT2D eigenvalue weighted by Crippen LogP contribution is -2.45. The first-order valence-corrected chi connectivity index (χ1v) is 13.9. The molecule has 0 saturated carbocycles. The molecule has 0 radical (unpaired) electrons. The van der Waals surface area contributed by atoms with Crippen molar-refractivity contribution in [1.82, 2.24) is 9.88 Å². The summed E-state index contributed by atoms with van der Waals surface area (Å²) in [6.45, 7) is 1.88. The molecule has 0 aliphatic carbocycles. The number of halogens is 4. The maximum Gasteiger partial charge on any atom is 0.416 e. The molecule has 1 aromatic heterocycles. The van der Waals surface area contributed by atoms with E-state index < -0.39 is 29.2 Å². The molecule has 1 saturated heterocycles. The summed E-state index contributed by atoms with van der Waals surface area (Å²) >= 11 is 7.88. The summed E-state index contributed by atoms with van der Waals surface area (Å²) in [6.07, 6.45) is -2.42. The van der Waals surface area contributed by atoms with E-state index in [-0.39, 0.29) is 6.42 Å². The smallest absolute Gasteiger partial charge is 0.416 e. The highest BCUT2D eigenvalue weighted by Crippen LogP contribution is 2.41. The fourth-order valence-electron chi connectivity index (χ4n) is 5.00. The van der Waals surface area contributed by atoms with Crippen LogP contribution in [0.15, 0.2) is 53.6 Å². The molecule has 0 unspecified atom stereocenters. The number of pyridine rings is 1. The van der Waals surface area contributed by atoms with E-state index in [0.717, 1.165) is 17.0 Å². The Labute approximate surface area is 234 Å². The summed E-state index contributed by atoms with van der Waals surface area (Å²) in [7, 11) is 1.55. The lowest BCUT2D eigenvalue weighted by atomic mass is 9.74. The number of carbonyl (C=O) groups is 1. The van der Waals surface area contributed by atoms with E-state index in [2.05, 4.69) is 9.88 Å². The molecule has 1 atom stereocenters. The predicted octanol–water partition coefficient (Wildman–Crippen LogP) is 6.69. The number of methoxy groups -OCH3 is 1. The monoisotopic (exact) mass is 582 g/mol. The first kappa shape index (κ1) is 29.5. The van der Waals surface area contributed by atoms with Crippen molar-refractivity contribution in [3.8, 4) is 5.75 Å². The van der Waals surface area contributed by atoms with Crippen molar-refractivity contribution in [1.29, 1.82) is 0 Å². The molecule has 2 aromatic carbocycles. The van der Waals surface area contributed by atoms with Crippen molar-refractivity contribution >= 4 is 40.2 Å². The van der Waals surface area contributed by atoms with E-state index in [1.54, 1.807) is 25.3 Å². The van der Waals surface area contributed by atoms with Gasteiger partial charge in [-0.05, 0) is 81.2 Å². The summed E-state index contributed by atoms with van der Waals surface area (Å²) in [4.78, 5) is 19.6. The van der Waals surface area contributed by atoms with Crippen LogP contribution in [0.5, 0.6) is 5.75 Å². The Morgan fingerprint density at radius 1 is 1.21 bits per heavy atom. The van der Waals surface area contributed by atoms with Gasteiger partial charge in [-0.2, -0.15) is 13.2 Å². The van der Waals surface area contributed by atoms with Crippen LogP contribution >= 0.6 is 23.4 Å². The molecule has 210 valence electrons. The largest absolute Gasteiger partial charge is 0.497 e. The number of hydrogen-bond donors (Lipinski definition) is 2. The number of rotatable bonds is 10. The van der Waals surface area contributed by atoms with Gasteiger partial charge in [-0.1, -0.05) is 11.6 Å². The number of piperidine rings is 1. The second-order valence-corrected chi connectivity index (χ2v) is 11.3. The molecule has 2 heterocycles. The van der Waals surface area contributed by atoms with Gasteiger partial charge in [-0.3, -0.25) is 9.78 Å². The minimum absolute atomic E-state index is 0.228. The third-order valence-corrected chi connectivity index (χ3v) is 8.72. The van der Waals surface area contributed by atoms with Crippen LogP contribution in [-0.2, 0) is 11.0 Å². The summed E-state index contributed by atoms with van der Waals surface area (Å²) in [5.74, 6) is 0.410. The van der Waals surface area contributed by atoms with Crippen molar-refractivity contribution in [2.75, 3.05) is 32.5 Å². The highest BCUT2D eigenvalue weighted by molar-refractivity contribution is 7.99. The van der Waals surface area contributed by atoms with Crippen molar-refractivity contribution in [3.05, 3.63) is 64.8 Å². The Morgan fingerprint density at radius 3 is 2.51 bits per heavy atom. The minimum atomic E-state index is -4.35. The molecule has 3 aromatic rings. The van der Waals surface area contributed by atoms with Gasteiger partial charge in [0, 0.05) is 34.3 Å². The lowest BCUT2D eigenvalue weighted by Gasteiger charge is -2.39. The molecular weight excluding hydrogens is 553 g/mol. The minimum Gasteiger partial charge on any atom is -0.497 e. The van der Waals surface area contributed by atoms with Gasteiger partial charge in [0.25, 0.3) is 0 Å².